The van der Waals surface area contributed by atoms with Gasteiger partial charge in [0.15, 0.2) is 0 Å². The number of fused-ring (bicyclic) bond motifs is 1. The van der Waals surface area contributed by atoms with Gasteiger partial charge in [0.05, 0.1) is 17.4 Å². The van der Waals surface area contributed by atoms with E-state index in [1.807, 2.05) is 12.3 Å². The molecule has 0 radical (unpaired) electrons. The average Bonchev–Trinajstić information content (AvgIpc) is 3.17. The van der Waals surface area contributed by atoms with Gasteiger partial charge in [0.1, 0.15) is 6.07 Å². The molecule has 1 aromatic heterocycles. The van der Waals surface area contributed by atoms with Crippen molar-refractivity contribution in [2.45, 2.75) is 12.5 Å². The van der Waals surface area contributed by atoms with Gasteiger partial charge in [0, 0.05) is 44.0 Å². The molecule has 3 N–H and O–H groups in total. The van der Waals surface area contributed by atoms with Gasteiger partial charge < -0.3 is 20.4 Å². The smallest absolute Gasteiger partial charge is 0.328 e. The van der Waals surface area contributed by atoms with Gasteiger partial charge in [0.25, 0.3) is 0 Å². The third-order valence-electron chi connectivity index (χ3n) is 4.00. The van der Waals surface area contributed by atoms with E-state index >= 15 is 0 Å². The van der Waals surface area contributed by atoms with Crippen LogP contribution in [0, 0.1) is 17.2 Å². The third kappa shape index (κ3) is 4.54. The number of hydrogen-bond acceptors (Lipinski definition) is 6. The summed E-state index contributed by atoms with van der Waals surface area (Å²) in [5.41, 5.74) is 1.74. The number of hydrogen-bond donors (Lipinski definition) is 3. The van der Waals surface area contributed by atoms with Crippen LogP contribution in [-0.4, -0.2) is 52.8 Å². The highest BCUT2D eigenvalue weighted by Crippen LogP contribution is 2.31. The first-order valence-electron chi connectivity index (χ1n) is 7.47. The summed E-state index contributed by atoms with van der Waals surface area (Å²) in [5.74, 6) is -1.74. The fraction of sp³-hybridized carbons (Fsp3) is 0.375. The number of pyridine rings is 1. The number of carbonyl (C=O) groups is 2. The zero-order valence-corrected chi connectivity index (χ0v) is 12.9. The van der Waals surface area contributed by atoms with Crippen LogP contribution in [0.1, 0.15) is 12.0 Å². The van der Waals surface area contributed by atoms with E-state index in [1.165, 1.54) is 6.42 Å². The van der Waals surface area contributed by atoms with Crippen LogP contribution < -0.4 is 10.2 Å². The number of aliphatic carboxylic acids is 2. The normalized spacial score (nSPS) is 21.7. The molecule has 24 heavy (non-hydrogen) atoms. The molecule has 0 unspecified atom stereocenters. The zero-order chi connectivity index (χ0) is 17.5. The summed E-state index contributed by atoms with van der Waals surface area (Å²) < 4.78 is 0. The van der Waals surface area contributed by atoms with E-state index in [2.05, 4.69) is 21.3 Å². The number of nitrogens with zero attached hydrogens (tertiary/aromatic N) is 3. The Bertz CT molecular complexity index is 667. The largest absolute Gasteiger partial charge is 0.478 e. The topological polar surface area (TPSA) is 127 Å². The Morgan fingerprint density at radius 2 is 2.00 bits per heavy atom. The van der Waals surface area contributed by atoms with Crippen LogP contribution >= 0.6 is 0 Å². The van der Waals surface area contributed by atoms with Gasteiger partial charge >= 0.3 is 11.9 Å². The van der Waals surface area contributed by atoms with Crippen molar-refractivity contribution in [2.75, 3.05) is 24.5 Å². The molecule has 3 heterocycles. The monoisotopic (exact) mass is 330 g/mol. The predicted molar refractivity (Wildman–Crippen MR) is 85.5 cm³/mol. The SMILES string of the molecule is N#Cc1cncc(N2CC[C@@H]3CNC[C@@H]32)c1.O=C(O)/C=C/C(=O)O. The van der Waals surface area contributed by atoms with Crippen LogP contribution in [0.15, 0.2) is 30.6 Å². The Hall–Kier alpha value is -2.92. The number of aromatic nitrogens is 1. The standard InChI is InChI=1S/C12H14N4.C4H4O4/c13-4-9-3-11(7-14-5-9)16-2-1-10-6-15-8-12(10)16;5-3(6)1-2-4(7)8/h3,5,7,10,12,15H,1-2,6,8H2;1-2H,(H,5,6)(H,7,8)/b;2-1+/t10-,12+;/m1./s1. The Balaban J connectivity index is 0.000000224. The Morgan fingerprint density at radius 1 is 1.29 bits per heavy atom. The first kappa shape index (κ1) is 17.4. The summed E-state index contributed by atoms with van der Waals surface area (Å²) in [7, 11) is 0. The summed E-state index contributed by atoms with van der Waals surface area (Å²) in [6, 6.07) is 4.68. The lowest BCUT2D eigenvalue weighted by molar-refractivity contribution is -0.134. The number of nitriles is 1. The molecule has 3 rings (SSSR count). The highest BCUT2D eigenvalue weighted by atomic mass is 16.4. The second-order valence-corrected chi connectivity index (χ2v) is 5.52. The zero-order valence-electron chi connectivity index (χ0n) is 12.9. The van der Waals surface area contributed by atoms with Crippen molar-refractivity contribution in [2.24, 2.45) is 5.92 Å². The molecule has 0 saturated carbocycles. The average molecular weight is 330 g/mol. The molecule has 0 bridgehead atoms. The van der Waals surface area contributed by atoms with Gasteiger partial charge in [-0.2, -0.15) is 5.26 Å². The van der Waals surface area contributed by atoms with Gasteiger partial charge in [-0.25, -0.2) is 9.59 Å². The van der Waals surface area contributed by atoms with Gasteiger partial charge in [0.2, 0.25) is 0 Å². The number of nitrogens with one attached hydrogen (secondary N) is 1. The van der Waals surface area contributed by atoms with Crippen molar-refractivity contribution < 1.29 is 19.8 Å². The van der Waals surface area contributed by atoms with Crippen molar-refractivity contribution in [3.8, 4) is 6.07 Å². The molecule has 0 aromatic carbocycles. The summed E-state index contributed by atoms with van der Waals surface area (Å²) in [6.45, 7) is 3.28. The number of anilines is 1. The maximum absolute atomic E-state index is 9.55. The van der Waals surface area contributed by atoms with E-state index in [0.717, 1.165) is 31.2 Å². The molecule has 8 heteroatoms. The molecule has 0 spiro atoms. The van der Waals surface area contributed by atoms with Crippen molar-refractivity contribution in [1.29, 1.82) is 5.26 Å². The lowest BCUT2D eigenvalue weighted by atomic mass is 10.1. The molecule has 1 aromatic rings. The molecule has 0 aliphatic carbocycles. The van der Waals surface area contributed by atoms with Crippen LogP contribution in [0.2, 0.25) is 0 Å². The van der Waals surface area contributed by atoms with E-state index in [1.54, 1.807) is 6.20 Å². The Morgan fingerprint density at radius 3 is 2.62 bits per heavy atom. The van der Waals surface area contributed by atoms with Crippen LogP contribution in [-0.2, 0) is 9.59 Å². The Kier molecular flexibility index (Phi) is 5.87. The van der Waals surface area contributed by atoms with E-state index in [9.17, 15) is 9.59 Å². The predicted octanol–water partition coefficient (Wildman–Crippen LogP) is 0.463. The maximum atomic E-state index is 9.55. The van der Waals surface area contributed by atoms with Crippen molar-refractivity contribution in [3.63, 3.8) is 0 Å². The van der Waals surface area contributed by atoms with E-state index in [0.29, 0.717) is 23.8 Å². The molecule has 2 atom stereocenters. The molecular formula is C16H18N4O4. The number of carboxylic acid groups (broad SMARTS) is 2. The fourth-order valence-electron chi connectivity index (χ4n) is 2.96. The van der Waals surface area contributed by atoms with Crippen LogP contribution in [0.3, 0.4) is 0 Å². The van der Waals surface area contributed by atoms with Crippen LogP contribution in [0.4, 0.5) is 5.69 Å². The molecule has 2 aliphatic rings. The molecule has 2 fully saturated rings. The molecule has 8 nitrogen and oxygen atoms in total. The van der Waals surface area contributed by atoms with E-state index in [4.69, 9.17) is 15.5 Å². The minimum atomic E-state index is -1.26. The minimum absolute atomic E-state index is 0.558. The van der Waals surface area contributed by atoms with Crippen molar-refractivity contribution in [1.82, 2.24) is 10.3 Å². The van der Waals surface area contributed by atoms with Crippen molar-refractivity contribution >= 4 is 17.6 Å². The van der Waals surface area contributed by atoms with Crippen LogP contribution in [0.25, 0.3) is 0 Å². The molecule has 0 amide bonds. The summed E-state index contributed by atoms with van der Waals surface area (Å²) >= 11 is 0. The molecule has 2 saturated heterocycles. The first-order valence-corrected chi connectivity index (χ1v) is 7.47. The van der Waals surface area contributed by atoms with Gasteiger partial charge in [-0.15, -0.1) is 0 Å². The highest BCUT2D eigenvalue weighted by Gasteiger charge is 2.37. The van der Waals surface area contributed by atoms with Gasteiger partial charge in [-0.3, -0.25) is 4.98 Å². The second-order valence-electron chi connectivity index (χ2n) is 5.52. The first-order chi connectivity index (χ1) is 11.5. The number of carboxylic acids is 2. The van der Waals surface area contributed by atoms with Crippen molar-refractivity contribution in [3.05, 3.63) is 36.2 Å². The summed E-state index contributed by atoms with van der Waals surface area (Å²) in [4.78, 5) is 25.6. The minimum Gasteiger partial charge on any atom is -0.478 e. The van der Waals surface area contributed by atoms with E-state index < -0.39 is 11.9 Å². The Labute approximate surface area is 139 Å². The number of rotatable bonds is 3. The maximum Gasteiger partial charge on any atom is 0.328 e. The lowest BCUT2D eigenvalue weighted by Crippen LogP contribution is -2.34. The highest BCUT2D eigenvalue weighted by molar-refractivity contribution is 5.89. The quantitative estimate of drug-likeness (QED) is 0.682. The van der Waals surface area contributed by atoms with Gasteiger partial charge in [-0.05, 0) is 18.4 Å². The third-order valence-corrected chi connectivity index (χ3v) is 4.00. The molecule has 2 aliphatic heterocycles. The lowest BCUT2D eigenvalue weighted by Gasteiger charge is -2.25. The van der Waals surface area contributed by atoms with E-state index in [-0.39, 0.29) is 0 Å². The molecular weight excluding hydrogens is 312 g/mol. The molecule has 126 valence electrons. The fourth-order valence-corrected chi connectivity index (χ4v) is 2.96. The summed E-state index contributed by atoms with van der Waals surface area (Å²) in [5, 5.41) is 27.9. The van der Waals surface area contributed by atoms with Crippen LogP contribution in [0.5, 0.6) is 0 Å². The second kappa shape index (κ2) is 8.08. The summed E-state index contributed by atoms with van der Waals surface area (Å²) in [6.07, 6.45) is 5.84. The van der Waals surface area contributed by atoms with Gasteiger partial charge in [-0.1, -0.05) is 0 Å².